The number of para-hydroxylation sites is 1. The van der Waals surface area contributed by atoms with Gasteiger partial charge < -0.3 is 9.47 Å². The fourth-order valence-corrected chi connectivity index (χ4v) is 2.56. The number of rotatable bonds is 4. The van der Waals surface area contributed by atoms with Crippen LogP contribution >= 0.6 is 0 Å². The van der Waals surface area contributed by atoms with Crippen molar-refractivity contribution in [1.29, 1.82) is 0 Å². The number of hydrogen-bond acceptors (Lipinski definition) is 4. The highest BCUT2D eigenvalue weighted by Gasteiger charge is 2.23. The summed E-state index contributed by atoms with van der Waals surface area (Å²) in [7, 11) is -1.54. The summed E-state index contributed by atoms with van der Waals surface area (Å²) in [6.07, 6.45) is 1.95. The van der Waals surface area contributed by atoms with Crippen molar-refractivity contribution >= 4 is 10.0 Å². The van der Waals surface area contributed by atoms with Crippen LogP contribution in [0.2, 0.25) is 0 Å². The number of ether oxygens (including phenoxy) is 2. The van der Waals surface area contributed by atoms with E-state index < -0.39 is 10.0 Å². The highest BCUT2D eigenvalue weighted by molar-refractivity contribution is 7.88. The fraction of sp³-hybridized carbons (Fsp3) is 0.500. The standard InChI is InChI=1S/C12H17NO4S/c1-16-11-5-3-4-10-6-9(8-17-12(10)11)7-13-18(2,14)15/h3-5,9,13H,6-8H2,1-2H3. The molecule has 0 aliphatic carbocycles. The first-order valence-corrected chi connectivity index (χ1v) is 7.62. The highest BCUT2D eigenvalue weighted by Crippen LogP contribution is 2.35. The lowest BCUT2D eigenvalue weighted by atomic mass is 9.96. The summed E-state index contributed by atoms with van der Waals surface area (Å²) >= 11 is 0. The Labute approximate surface area is 107 Å². The maximum Gasteiger partial charge on any atom is 0.208 e. The predicted octanol–water partition coefficient (Wildman–Crippen LogP) is 0.796. The zero-order valence-corrected chi connectivity index (χ0v) is 11.3. The van der Waals surface area contributed by atoms with E-state index in [1.807, 2.05) is 18.2 Å². The van der Waals surface area contributed by atoms with E-state index in [1.165, 1.54) is 0 Å². The zero-order chi connectivity index (χ0) is 13.2. The maximum atomic E-state index is 11.0. The summed E-state index contributed by atoms with van der Waals surface area (Å²) in [6, 6.07) is 5.74. The molecule has 1 aromatic rings. The molecule has 5 nitrogen and oxygen atoms in total. The SMILES string of the molecule is COc1cccc2c1OCC(CNS(C)(=O)=O)C2. The lowest BCUT2D eigenvalue weighted by Crippen LogP contribution is -2.34. The van der Waals surface area contributed by atoms with Gasteiger partial charge in [-0.05, 0) is 18.1 Å². The number of fused-ring (bicyclic) bond motifs is 1. The molecule has 1 unspecified atom stereocenters. The molecule has 1 atom stereocenters. The Hall–Kier alpha value is -1.27. The van der Waals surface area contributed by atoms with Gasteiger partial charge in [0.2, 0.25) is 10.0 Å². The lowest BCUT2D eigenvalue weighted by Gasteiger charge is -2.26. The summed E-state index contributed by atoms with van der Waals surface area (Å²) in [5.41, 5.74) is 1.06. The van der Waals surface area contributed by atoms with E-state index in [2.05, 4.69) is 4.72 Å². The van der Waals surface area contributed by atoms with Gasteiger partial charge in [-0.15, -0.1) is 0 Å². The van der Waals surface area contributed by atoms with E-state index in [-0.39, 0.29) is 5.92 Å². The number of sulfonamides is 1. The van der Waals surface area contributed by atoms with Gasteiger partial charge in [-0.25, -0.2) is 13.1 Å². The number of methoxy groups -OCH3 is 1. The van der Waals surface area contributed by atoms with Crippen molar-refractivity contribution in [2.75, 3.05) is 26.5 Å². The van der Waals surface area contributed by atoms with E-state index in [1.54, 1.807) is 7.11 Å². The van der Waals surface area contributed by atoms with Crippen LogP contribution in [-0.4, -0.2) is 34.9 Å². The van der Waals surface area contributed by atoms with Crippen LogP contribution in [0, 0.1) is 5.92 Å². The van der Waals surface area contributed by atoms with Crippen LogP contribution in [0.25, 0.3) is 0 Å². The van der Waals surface area contributed by atoms with Crippen LogP contribution in [0.1, 0.15) is 5.56 Å². The molecule has 0 amide bonds. The van der Waals surface area contributed by atoms with Gasteiger partial charge in [0.05, 0.1) is 20.0 Å². The second kappa shape index (κ2) is 5.16. The van der Waals surface area contributed by atoms with E-state index in [0.717, 1.165) is 29.7 Å². The molecule has 0 spiro atoms. The number of benzene rings is 1. The average molecular weight is 271 g/mol. The Morgan fingerprint density at radius 3 is 2.94 bits per heavy atom. The van der Waals surface area contributed by atoms with Gasteiger partial charge in [-0.2, -0.15) is 0 Å². The third-order valence-electron chi connectivity index (χ3n) is 2.89. The monoisotopic (exact) mass is 271 g/mol. The van der Waals surface area contributed by atoms with Gasteiger partial charge >= 0.3 is 0 Å². The number of nitrogens with one attached hydrogen (secondary N) is 1. The van der Waals surface area contributed by atoms with E-state index in [0.29, 0.717) is 13.2 Å². The van der Waals surface area contributed by atoms with Crippen molar-refractivity contribution in [2.45, 2.75) is 6.42 Å². The summed E-state index contributed by atoms with van der Waals surface area (Å²) in [6.45, 7) is 0.894. The molecule has 1 aliphatic rings. The summed E-state index contributed by atoms with van der Waals surface area (Å²) in [4.78, 5) is 0. The van der Waals surface area contributed by atoms with Crippen molar-refractivity contribution in [3.8, 4) is 11.5 Å². The quantitative estimate of drug-likeness (QED) is 0.879. The highest BCUT2D eigenvalue weighted by atomic mass is 32.2. The van der Waals surface area contributed by atoms with Crippen LogP contribution in [0.3, 0.4) is 0 Å². The van der Waals surface area contributed by atoms with Crippen LogP contribution in [-0.2, 0) is 16.4 Å². The topological polar surface area (TPSA) is 64.6 Å². The third kappa shape index (κ3) is 3.14. The fourth-order valence-electron chi connectivity index (χ4n) is 2.02. The maximum absolute atomic E-state index is 11.0. The Bertz CT molecular complexity index is 527. The normalized spacial score (nSPS) is 18.9. The first kappa shape index (κ1) is 13.2. The van der Waals surface area contributed by atoms with Crippen LogP contribution < -0.4 is 14.2 Å². The Morgan fingerprint density at radius 2 is 2.28 bits per heavy atom. The van der Waals surface area contributed by atoms with Crippen molar-refractivity contribution in [1.82, 2.24) is 4.72 Å². The summed E-state index contributed by atoms with van der Waals surface area (Å²) in [5, 5.41) is 0. The molecule has 0 saturated heterocycles. The van der Waals surface area contributed by atoms with E-state index in [9.17, 15) is 8.42 Å². The Balaban J connectivity index is 2.06. The van der Waals surface area contributed by atoms with Gasteiger partial charge in [0.1, 0.15) is 0 Å². The molecule has 6 heteroatoms. The van der Waals surface area contributed by atoms with E-state index >= 15 is 0 Å². The van der Waals surface area contributed by atoms with Gasteiger partial charge in [-0.3, -0.25) is 0 Å². The lowest BCUT2D eigenvalue weighted by molar-refractivity contribution is 0.213. The number of hydrogen-bond donors (Lipinski definition) is 1. The molecule has 2 rings (SSSR count). The average Bonchev–Trinajstić information content (AvgIpc) is 2.34. The van der Waals surface area contributed by atoms with Crippen molar-refractivity contribution in [3.05, 3.63) is 23.8 Å². The minimum absolute atomic E-state index is 0.152. The molecular weight excluding hydrogens is 254 g/mol. The molecule has 1 N–H and O–H groups in total. The molecule has 0 radical (unpaired) electrons. The minimum Gasteiger partial charge on any atom is -0.493 e. The minimum atomic E-state index is -3.14. The van der Waals surface area contributed by atoms with E-state index in [4.69, 9.17) is 9.47 Å². The zero-order valence-electron chi connectivity index (χ0n) is 10.5. The molecular formula is C12H17NO4S. The largest absolute Gasteiger partial charge is 0.493 e. The molecule has 0 aromatic heterocycles. The molecule has 1 aromatic carbocycles. The van der Waals surface area contributed by atoms with Crippen molar-refractivity contribution in [2.24, 2.45) is 5.92 Å². The molecule has 1 heterocycles. The second-order valence-electron chi connectivity index (χ2n) is 4.45. The molecule has 0 saturated carbocycles. The third-order valence-corrected chi connectivity index (χ3v) is 3.58. The molecule has 100 valence electrons. The Morgan fingerprint density at radius 1 is 1.50 bits per heavy atom. The summed E-state index contributed by atoms with van der Waals surface area (Å²) in [5.74, 6) is 1.65. The van der Waals surface area contributed by atoms with Crippen molar-refractivity contribution < 1.29 is 17.9 Å². The molecule has 18 heavy (non-hydrogen) atoms. The molecule has 1 aliphatic heterocycles. The van der Waals surface area contributed by atoms with Crippen molar-refractivity contribution in [3.63, 3.8) is 0 Å². The molecule has 0 bridgehead atoms. The first-order valence-electron chi connectivity index (χ1n) is 5.73. The van der Waals surface area contributed by atoms with Crippen LogP contribution in [0.4, 0.5) is 0 Å². The van der Waals surface area contributed by atoms with Gasteiger partial charge in [0, 0.05) is 12.5 Å². The van der Waals surface area contributed by atoms with Crippen LogP contribution in [0.5, 0.6) is 11.5 Å². The Kier molecular flexibility index (Phi) is 3.77. The first-order chi connectivity index (χ1) is 8.49. The van der Waals surface area contributed by atoms with Gasteiger partial charge in [0.25, 0.3) is 0 Å². The summed E-state index contributed by atoms with van der Waals surface area (Å²) < 4.78 is 35.5. The van der Waals surface area contributed by atoms with Gasteiger partial charge in [-0.1, -0.05) is 12.1 Å². The van der Waals surface area contributed by atoms with Gasteiger partial charge in [0.15, 0.2) is 11.5 Å². The smallest absolute Gasteiger partial charge is 0.208 e. The predicted molar refractivity (Wildman–Crippen MR) is 68.5 cm³/mol. The molecule has 0 fully saturated rings. The van der Waals surface area contributed by atoms with Crippen LogP contribution in [0.15, 0.2) is 18.2 Å². The second-order valence-corrected chi connectivity index (χ2v) is 6.28.